The van der Waals surface area contributed by atoms with E-state index in [-0.39, 0.29) is 5.54 Å². The zero-order chi connectivity index (χ0) is 10.9. The summed E-state index contributed by atoms with van der Waals surface area (Å²) in [5.41, 5.74) is 1.63. The summed E-state index contributed by atoms with van der Waals surface area (Å²) in [6.45, 7) is 4.54. The fraction of sp³-hybridized carbons (Fsp3) is 0.500. The summed E-state index contributed by atoms with van der Waals surface area (Å²) in [6.07, 6.45) is 0. The van der Waals surface area contributed by atoms with Crippen molar-refractivity contribution in [3.63, 3.8) is 0 Å². The summed E-state index contributed by atoms with van der Waals surface area (Å²) in [4.78, 5) is 0. The van der Waals surface area contributed by atoms with E-state index < -0.39 is 0 Å². The van der Waals surface area contributed by atoms with Gasteiger partial charge in [-0.2, -0.15) is 11.8 Å². The molecule has 0 amide bonds. The molecule has 1 aliphatic rings. The lowest BCUT2D eigenvalue weighted by Crippen LogP contribution is -2.48. The van der Waals surface area contributed by atoms with E-state index >= 15 is 0 Å². The van der Waals surface area contributed by atoms with Gasteiger partial charge in [-0.05, 0) is 31.5 Å². The summed E-state index contributed by atoms with van der Waals surface area (Å²) in [5, 5.41) is 3.69. The zero-order valence-electron chi connectivity index (χ0n) is 9.09. The summed E-state index contributed by atoms with van der Waals surface area (Å²) in [5.74, 6) is 2.36. The highest BCUT2D eigenvalue weighted by atomic mass is 79.9. The van der Waals surface area contributed by atoms with Gasteiger partial charge in [-0.1, -0.05) is 28.1 Å². The first-order valence-corrected chi connectivity index (χ1v) is 7.12. The van der Waals surface area contributed by atoms with Crippen LogP contribution in [0.4, 0.5) is 0 Å². The Morgan fingerprint density at radius 3 is 2.93 bits per heavy atom. The smallest absolute Gasteiger partial charge is 0.0416 e. The van der Waals surface area contributed by atoms with Crippen molar-refractivity contribution in [1.29, 1.82) is 0 Å². The van der Waals surface area contributed by atoms with Gasteiger partial charge in [-0.15, -0.1) is 0 Å². The first kappa shape index (κ1) is 11.5. The highest BCUT2D eigenvalue weighted by Gasteiger charge is 2.28. The van der Waals surface area contributed by atoms with Crippen LogP contribution in [0.2, 0.25) is 0 Å². The Morgan fingerprint density at radius 2 is 2.27 bits per heavy atom. The van der Waals surface area contributed by atoms with Crippen molar-refractivity contribution < 1.29 is 0 Å². The van der Waals surface area contributed by atoms with Crippen LogP contribution >= 0.6 is 27.7 Å². The predicted molar refractivity (Wildman–Crippen MR) is 71.4 cm³/mol. The first-order valence-electron chi connectivity index (χ1n) is 5.18. The monoisotopic (exact) mass is 285 g/mol. The van der Waals surface area contributed by atoms with Crippen molar-refractivity contribution in [3.05, 3.63) is 34.3 Å². The molecule has 1 N–H and O–H groups in total. The Balaban J connectivity index is 2.17. The summed E-state index contributed by atoms with van der Waals surface area (Å²) < 4.78 is 1.16. The number of hydrogen-bond donors (Lipinski definition) is 1. The van der Waals surface area contributed by atoms with Gasteiger partial charge in [0.2, 0.25) is 0 Å². The molecule has 1 nitrogen and oxygen atoms in total. The van der Waals surface area contributed by atoms with Crippen molar-refractivity contribution in [2.24, 2.45) is 0 Å². The van der Waals surface area contributed by atoms with E-state index in [2.05, 4.69) is 59.4 Å². The van der Waals surface area contributed by atoms with Crippen molar-refractivity contribution in [1.82, 2.24) is 5.32 Å². The van der Waals surface area contributed by atoms with Gasteiger partial charge in [0.25, 0.3) is 0 Å². The maximum Gasteiger partial charge on any atom is 0.0416 e. The average molecular weight is 286 g/mol. The molecule has 0 aliphatic carbocycles. The molecule has 0 saturated carbocycles. The van der Waals surface area contributed by atoms with Gasteiger partial charge in [0.1, 0.15) is 0 Å². The lowest BCUT2D eigenvalue weighted by Gasteiger charge is -2.37. The molecule has 0 radical (unpaired) electrons. The van der Waals surface area contributed by atoms with Crippen LogP contribution in [0.1, 0.15) is 25.5 Å². The molecule has 1 aliphatic heterocycles. The maximum atomic E-state index is 3.69. The second-order valence-electron chi connectivity index (χ2n) is 4.65. The fourth-order valence-corrected chi connectivity index (χ4v) is 3.53. The number of rotatable bonds is 1. The van der Waals surface area contributed by atoms with E-state index in [0.29, 0.717) is 6.04 Å². The van der Waals surface area contributed by atoms with Crippen LogP contribution in [0.15, 0.2) is 28.7 Å². The standard InChI is InChI=1S/C12H16BrNS/c1-12(2)8-15-7-11(14-12)9-4-3-5-10(13)6-9/h3-6,11,14H,7-8H2,1-2H3. The second kappa shape index (κ2) is 4.48. The average Bonchev–Trinajstić information content (AvgIpc) is 2.16. The predicted octanol–water partition coefficient (Wildman–Crippen LogP) is 3.61. The number of hydrogen-bond acceptors (Lipinski definition) is 2. The molecule has 0 spiro atoms. The maximum absolute atomic E-state index is 3.69. The Hall–Kier alpha value is 0.01000. The van der Waals surface area contributed by atoms with Crippen LogP contribution in [0, 0.1) is 0 Å². The Bertz CT molecular complexity index is 351. The van der Waals surface area contributed by atoms with E-state index in [1.807, 2.05) is 11.8 Å². The van der Waals surface area contributed by atoms with Crippen LogP contribution in [-0.2, 0) is 0 Å². The summed E-state index contributed by atoms with van der Waals surface area (Å²) >= 11 is 5.56. The normalized spacial score (nSPS) is 25.1. The van der Waals surface area contributed by atoms with Crippen molar-refractivity contribution in [2.75, 3.05) is 11.5 Å². The molecule has 1 unspecified atom stereocenters. The van der Waals surface area contributed by atoms with Gasteiger partial charge >= 0.3 is 0 Å². The Kier molecular flexibility index (Phi) is 3.43. The molecule has 1 aromatic carbocycles. The summed E-state index contributed by atoms with van der Waals surface area (Å²) in [7, 11) is 0. The lowest BCUT2D eigenvalue weighted by molar-refractivity contribution is 0.376. The molecule has 1 saturated heterocycles. The molecule has 0 aromatic heterocycles. The first-order chi connectivity index (χ1) is 7.07. The highest BCUT2D eigenvalue weighted by Crippen LogP contribution is 2.30. The van der Waals surface area contributed by atoms with Crippen molar-refractivity contribution in [2.45, 2.75) is 25.4 Å². The molecule has 2 rings (SSSR count). The minimum atomic E-state index is 0.246. The molecule has 82 valence electrons. The van der Waals surface area contributed by atoms with Crippen LogP contribution in [0.5, 0.6) is 0 Å². The van der Waals surface area contributed by atoms with E-state index in [0.717, 1.165) is 4.47 Å². The van der Waals surface area contributed by atoms with Crippen LogP contribution in [0.25, 0.3) is 0 Å². The van der Waals surface area contributed by atoms with Crippen LogP contribution in [-0.4, -0.2) is 17.0 Å². The number of thioether (sulfide) groups is 1. The third-order valence-electron chi connectivity index (χ3n) is 2.56. The molecular weight excluding hydrogens is 270 g/mol. The van der Waals surface area contributed by atoms with Crippen molar-refractivity contribution >= 4 is 27.7 Å². The molecule has 1 fully saturated rings. The fourth-order valence-electron chi connectivity index (χ4n) is 1.89. The zero-order valence-corrected chi connectivity index (χ0v) is 11.5. The van der Waals surface area contributed by atoms with Crippen LogP contribution in [0.3, 0.4) is 0 Å². The number of halogens is 1. The van der Waals surface area contributed by atoms with Gasteiger partial charge < -0.3 is 5.32 Å². The molecule has 15 heavy (non-hydrogen) atoms. The van der Waals surface area contributed by atoms with Gasteiger partial charge in [0.05, 0.1) is 0 Å². The third kappa shape index (κ3) is 2.99. The topological polar surface area (TPSA) is 12.0 Å². The molecule has 3 heteroatoms. The van der Waals surface area contributed by atoms with E-state index in [9.17, 15) is 0 Å². The molecular formula is C12H16BrNS. The highest BCUT2D eigenvalue weighted by molar-refractivity contribution is 9.10. The number of nitrogens with one attached hydrogen (secondary N) is 1. The molecule has 1 atom stereocenters. The van der Waals surface area contributed by atoms with Gasteiger partial charge in [-0.25, -0.2) is 0 Å². The van der Waals surface area contributed by atoms with E-state index in [1.165, 1.54) is 17.1 Å². The van der Waals surface area contributed by atoms with E-state index in [1.54, 1.807) is 0 Å². The molecule has 1 heterocycles. The Morgan fingerprint density at radius 1 is 1.47 bits per heavy atom. The molecule has 1 aromatic rings. The van der Waals surface area contributed by atoms with Crippen LogP contribution < -0.4 is 5.32 Å². The van der Waals surface area contributed by atoms with Gasteiger partial charge in [0, 0.05) is 27.6 Å². The minimum absolute atomic E-state index is 0.246. The van der Waals surface area contributed by atoms with Crippen molar-refractivity contribution in [3.8, 4) is 0 Å². The number of benzene rings is 1. The minimum Gasteiger partial charge on any atom is -0.303 e. The van der Waals surface area contributed by atoms with Gasteiger partial charge in [-0.3, -0.25) is 0 Å². The summed E-state index contributed by atoms with van der Waals surface area (Å²) in [6, 6.07) is 9.07. The third-order valence-corrected chi connectivity index (χ3v) is 4.55. The lowest BCUT2D eigenvalue weighted by atomic mass is 10.0. The SMILES string of the molecule is CC1(C)CSCC(c2cccc(Br)c2)N1. The quantitative estimate of drug-likeness (QED) is 0.846. The molecule has 0 bridgehead atoms. The van der Waals surface area contributed by atoms with Gasteiger partial charge in [0.15, 0.2) is 0 Å². The largest absolute Gasteiger partial charge is 0.303 e. The van der Waals surface area contributed by atoms with E-state index in [4.69, 9.17) is 0 Å². The second-order valence-corrected chi connectivity index (χ2v) is 6.60. The Labute approximate surface area is 104 Å².